The van der Waals surface area contributed by atoms with Gasteiger partial charge in [-0.2, -0.15) is 0 Å². The number of hydrogen-bond acceptors (Lipinski definition) is 2. The summed E-state index contributed by atoms with van der Waals surface area (Å²) in [6, 6.07) is 2.59. The summed E-state index contributed by atoms with van der Waals surface area (Å²) >= 11 is 0. The van der Waals surface area contributed by atoms with Crippen molar-refractivity contribution in [3.63, 3.8) is 0 Å². The number of fused-ring (bicyclic) bond motifs is 2. The Kier molecular flexibility index (Phi) is 2.75. The summed E-state index contributed by atoms with van der Waals surface area (Å²) in [5.74, 6) is 0. The van der Waals surface area contributed by atoms with Gasteiger partial charge in [0.15, 0.2) is 0 Å². The van der Waals surface area contributed by atoms with E-state index >= 15 is 0 Å². The predicted octanol–water partition coefficient (Wildman–Crippen LogP) is 2.39. The third-order valence-corrected chi connectivity index (χ3v) is 5.42. The highest BCUT2D eigenvalue weighted by molar-refractivity contribution is 5.00. The van der Waals surface area contributed by atoms with Crippen LogP contribution in [0.1, 0.15) is 51.9 Å². The third-order valence-electron chi connectivity index (χ3n) is 5.42. The van der Waals surface area contributed by atoms with Crippen molar-refractivity contribution in [1.82, 2.24) is 10.2 Å². The largest absolute Gasteiger partial charge is 0.317 e. The normalized spacial score (nSPS) is 42.0. The first-order valence-electron chi connectivity index (χ1n) is 7.13. The summed E-state index contributed by atoms with van der Waals surface area (Å²) in [6.45, 7) is 3.89. The van der Waals surface area contributed by atoms with Gasteiger partial charge in [0.1, 0.15) is 0 Å². The van der Waals surface area contributed by atoms with Crippen molar-refractivity contribution >= 4 is 0 Å². The van der Waals surface area contributed by atoms with Crippen LogP contribution >= 0.6 is 0 Å². The first-order valence-corrected chi connectivity index (χ1v) is 7.13. The summed E-state index contributed by atoms with van der Waals surface area (Å²) in [7, 11) is 2.13. The maximum Gasteiger partial charge on any atom is 0.0114 e. The van der Waals surface area contributed by atoms with Crippen molar-refractivity contribution in [3.05, 3.63) is 0 Å². The lowest BCUT2D eigenvalue weighted by molar-refractivity contribution is 0.0297. The van der Waals surface area contributed by atoms with Crippen molar-refractivity contribution in [2.75, 3.05) is 13.6 Å². The van der Waals surface area contributed by atoms with Gasteiger partial charge in [0, 0.05) is 24.7 Å². The first-order chi connectivity index (χ1) is 7.70. The Labute approximate surface area is 99.8 Å². The van der Waals surface area contributed by atoms with Gasteiger partial charge in [-0.15, -0.1) is 0 Å². The van der Waals surface area contributed by atoms with Gasteiger partial charge < -0.3 is 5.32 Å². The molecule has 2 heterocycles. The molecule has 3 fully saturated rings. The van der Waals surface area contributed by atoms with Crippen LogP contribution in [0.5, 0.6) is 0 Å². The highest BCUT2D eigenvalue weighted by Gasteiger charge is 2.44. The Morgan fingerprint density at radius 1 is 1.19 bits per heavy atom. The van der Waals surface area contributed by atoms with Crippen LogP contribution in [0.2, 0.25) is 0 Å². The SMILES string of the molecule is CNC1CC2CCC(C1)N2CC1(C)CCC1. The number of piperidine rings is 1. The van der Waals surface area contributed by atoms with E-state index in [9.17, 15) is 0 Å². The van der Waals surface area contributed by atoms with E-state index < -0.39 is 0 Å². The number of nitrogens with one attached hydrogen (secondary N) is 1. The van der Waals surface area contributed by atoms with Crippen LogP contribution in [0, 0.1) is 5.41 Å². The molecule has 3 aliphatic rings. The van der Waals surface area contributed by atoms with E-state index in [2.05, 4.69) is 24.2 Å². The van der Waals surface area contributed by atoms with Crippen molar-refractivity contribution in [1.29, 1.82) is 0 Å². The molecular formula is C14H26N2. The molecule has 0 aromatic heterocycles. The smallest absolute Gasteiger partial charge is 0.0114 e. The molecule has 0 aromatic rings. The van der Waals surface area contributed by atoms with Crippen molar-refractivity contribution in [3.8, 4) is 0 Å². The van der Waals surface area contributed by atoms with E-state index in [1.807, 2.05) is 0 Å². The van der Waals surface area contributed by atoms with Crippen molar-refractivity contribution < 1.29 is 0 Å². The lowest BCUT2D eigenvalue weighted by atomic mass is 9.69. The monoisotopic (exact) mass is 222 g/mol. The number of rotatable bonds is 3. The molecule has 2 atom stereocenters. The van der Waals surface area contributed by atoms with E-state index in [4.69, 9.17) is 0 Å². The maximum absolute atomic E-state index is 3.49. The number of hydrogen-bond donors (Lipinski definition) is 1. The quantitative estimate of drug-likeness (QED) is 0.789. The molecule has 3 rings (SSSR count). The highest BCUT2D eigenvalue weighted by Crippen LogP contribution is 2.45. The minimum atomic E-state index is 0.674. The molecule has 2 bridgehead atoms. The van der Waals surface area contributed by atoms with Gasteiger partial charge in [-0.1, -0.05) is 13.3 Å². The minimum absolute atomic E-state index is 0.674. The molecule has 2 saturated heterocycles. The Bertz CT molecular complexity index is 245. The topological polar surface area (TPSA) is 15.3 Å². The van der Waals surface area contributed by atoms with E-state index in [1.165, 1.54) is 51.5 Å². The van der Waals surface area contributed by atoms with Gasteiger partial charge >= 0.3 is 0 Å². The molecule has 0 spiro atoms. The van der Waals surface area contributed by atoms with Crippen molar-refractivity contribution in [2.45, 2.75) is 70.0 Å². The lowest BCUT2D eigenvalue weighted by Gasteiger charge is -2.47. The van der Waals surface area contributed by atoms with Gasteiger partial charge in [-0.25, -0.2) is 0 Å². The van der Waals surface area contributed by atoms with Gasteiger partial charge in [-0.3, -0.25) is 4.90 Å². The fourth-order valence-corrected chi connectivity index (χ4v) is 4.15. The molecule has 0 amide bonds. The second-order valence-electron chi connectivity index (χ2n) is 6.68. The molecular weight excluding hydrogens is 196 g/mol. The molecule has 16 heavy (non-hydrogen) atoms. The van der Waals surface area contributed by atoms with E-state index in [-0.39, 0.29) is 0 Å². The molecule has 1 aliphatic carbocycles. The second kappa shape index (κ2) is 3.99. The first kappa shape index (κ1) is 11.0. The Morgan fingerprint density at radius 2 is 1.81 bits per heavy atom. The van der Waals surface area contributed by atoms with Gasteiger partial charge in [0.05, 0.1) is 0 Å². The highest BCUT2D eigenvalue weighted by atomic mass is 15.2. The summed E-state index contributed by atoms with van der Waals surface area (Å²) in [5.41, 5.74) is 0.674. The van der Waals surface area contributed by atoms with Crippen molar-refractivity contribution in [2.24, 2.45) is 5.41 Å². The molecule has 92 valence electrons. The van der Waals surface area contributed by atoms with Crippen LogP contribution in [-0.2, 0) is 0 Å². The van der Waals surface area contributed by atoms with Gasteiger partial charge in [0.2, 0.25) is 0 Å². The molecule has 1 saturated carbocycles. The lowest BCUT2D eigenvalue weighted by Crippen LogP contribution is -2.52. The molecule has 1 N–H and O–H groups in total. The number of nitrogens with zero attached hydrogens (tertiary/aromatic N) is 1. The maximum atomic E-state index is 3.49. The zero-order chi connectivity index (χ0) is 11.2. The molecule has 2 aliphatic heterocycles. The van der Waals surface area contributed by atoms with Gasteiger partial charge in [-0.05, 0) is 51.0 Å². The van der Waals surface area contributed by atoms with E-state index in [0.717, 1.165) is 18.1 Å². The molecule has 2 nitrogen and oxygen atoms in total. The second-order valence-corrected chi connectivity index (χ2v) is 6.68. The molecule has 2 unspecified atom stereocenters. The Hall–Kier alpha value is -0.0800. The van der Waals surface area contributed by atoms with Crippen LogP contribution in [0.3, 0.4) is 0 Å². The molecule has 0 radical (unpaired) electrons. The summed E-state index contributed by atoms with van der Waals surface area (Å²) in [5, 5.41) is 3.49. The van der Waals surface area contributed by atoms with Crippen LogP contribution in [-0.4, -0.2) is 36.6 Å². The molecule has 2 heteroatoms. The fraction of sp³-hybridized carbons (Fsp3) is 1.00. The minimum Gasteiger partial charge on any atom is -0.317 e. The standard InChI is InChI=1S/C14H26N2/c1-14(6-3-7-14)10-16-12-4-5-13(16)9-11(8-12)15-2/h11-13,15H,3-10H2,1-2H3. The molecule has 0 aromatic carbocycles. The predicted molar refractivity (Wildman–Crippen MR) is 67.6 cm³/mol. The zero-order valence-electron chi connectivity index (χ0n) is 10.8. The Balaban J connectivity index is 1.64. The van der Waals surface area contributed by atoms with Crippen LogP contribution < -0.4 is 5.32 Å². The Morgan fingerprint density at radius 3 is 2.25 bits per heavy atom. The van der Waals surface area contributed by atoms with Crippen LogP contribution in [0.25, 0.3) is 0 Å². The van der Waals surface area contributed by atoms with Gasteiger partial charge in [0.25, 0.3) is 0 Å². The fourth-order valence-electron chi connectivity index (χ4n) is 4.15. The summed E-state index contributed by atoms with van der Waals surface area (Å²) < 4.78 is 0. The van der Waals surface area contributed by atoms with E-state index in [0.29, 0.717) is 5.41 Å². The summed E-state index contributed by atoms with van der Waals surface area (Å²) in [6.07, 6.45) is 10.1. The summed E-state index contributed by atoms with van der Waals surface area (Å²) in [4.78, 5) is 2.87. The average Bonchev–Trinajstić information content (AvgIpc) is 2.50. The average molecular weight is 222 g/mol. The third kappa shape index (κ3) is 1.80. The van der Waals surface area contributed by atoms with E-state index in [1.54, 1.807) is 0 Å². The zero-order valence-corrected chi connectivity index (χ0v) is 10.8. The van der Waals surface area contributed by atoms with Crippen LogP contribution in [0.4, 0.5) is 0 Å². The van der Waals surface area contributed by atoms with Crippen LogP contribution in [0.15, 0.2) is 0 Å².